The molecule has 0 aliphatic heterocycles. The van der Waals surface area contributed by atoms with Gasteiger partial charge < -0.3 is 10.4 Å². The molecule has 0 saturated carbocycles. The van der Waals surface area contributed by atoms with Gasteiger partial charge >= 0.3 is 5.97 Å². The molecule has 0 aliphatic carbocycles. The van der Waals surface area contributed by atoms with Crippen LogP contribution in [-0.4, -0.2) is 23.0 Å². The summed E-state index contributed by atoms with van der Waals surface area (Å²) in [6.45, 7) is 7.95. The Morgan fingerprint density at radius 1 is 1.17 bits per heavy atom. The Labute approximate surface area is 110 Å². The molecule has 0 spiro atoms. The maximum atomic E-state index is 11.7. The first-order chi connectivity index (χ1) is 8.27. The van der Waals surface area contributed by atoms with Gasteiger partial charge in [-0.2, -0.15) is 0 Å². The first kappa shape index (κ1) is 16.9. The Morgan fingerprint density at radius 3 is 2.22 bits per heavy atom. The molecule has 0 rings (SSSR count). The molecule has 18 heavy (non-hydrogen) atoms. The summed E-state index contributed by atoms with van der Waals surface area (Å²) >= 11 is 0. The van der Waals surface area contributed by atoms with Crippen LogP contribution in [0.15, 0.2) is 0 Å². The van der Waals surface area contributed by atoms with Crippen molar-refractivity contribution in [1.82, 2.24) is 5.32 Å². The number of carbonyl (C=O) groups excluding carboxylic acids is 1. The lowest BCUT2D eigenvalue weighted by Crippen LogP contribution is -2.45. The number of unbranched alkanes of at least 4 members (excludes halogenated alkanes) is 3. The second-order valence-electron chi connectivity index (χ2n) is 5.89. The van der Waals surface area contributed by atoms with Gasteiger partial charge in [-0.15, -0.1) is 0 Å². The number of carboxylic acid groups (broad SMARTS) is 1. The molecule has 0 bridgehead atoms. The molecule has 0 aliphatic rings. The van der Waals surface area contributed by atoms with Crippen molar-refractivity contribution in [3.05, 3.63) is 0 Å². The fourth-order valence-corrected chi connectivity index (χ4v) is 1.73. The van der Waals surface area contributed by atoms with Crippen LogP contribution in [0.2, 0.25) is 0 Å². The van der Waals surface area contributed by atoms with Gasteiger partial charge in [-0.3, -0.25) is 9.59 Å². The minimum atomic E-state index is -0.874. The molecule has 0 aromatic carbocycles. The van der Waals surface area contributed by atoms with Crippen molar-refractivity contribution < 1.29 is 14.7 Å². The van der Waals surface area contributed by atoms with Gasteiger partial charge in [-0.1, -0.05) is 47.0 Å². The van der Waals surface area contributed by atoms with Crippen LogP contribution in [0.1, 0.15) is 66.2 Å². The zero-order chi connectivity index (χ0) is 14.2. The van der Waals surface area contributed by atoms with Gasteiger partial charge in [0.15, 0.2) is 0 Å². The molecule has 4 nitrogen and oxygen atoms in total. The lowest BCUT2D eigenvalue weighted by atomic mass is 9.84. The van der Waals surface area contributed by atoms with Crippen molar-refractivity contribution in [3.63, 3.8) is 0 Å². The Balaban J connectivity index is 4.15. The van der Waals surface area contributed by atoms with Crippen LogP contribution in [0.4, 0.5) is 0 Å². The number of carbonyl (C=O) groups is 2. The van der Waals surface area contributed by atoms with E-state index in [1.165, 1.54) is 0 Å². The molecule has 106 valence electrons. The van der Waals surface area contributed by atoms with Crippen molar-refractivity contribution in [2.24, 2.45) is 5.41 Å². The first-order valence-electron chi connectivity index (χ1n) is 6.78. The molecule has 0 aromatic heterocycles. The van der Waals surface area contributed by atoms with Gasteiger partial charge in [-0.05, 0) is 11.8 Å². The second-order valence-corrected chi connectivity index (χ2v) is 5.89. The quantitative estimate of drug-likeness (QED) is 0.657. The lowest BCUT2D eigenvalue weighted by molar-refractivity contribution is -0.138. The fraction of sp³-hybridized carbons (Fsp3) is 0.857. The highest BCUT2D eigenvalue weighted by atomic mass is 16.4. The molecular weight excluding hydrogens is 230 g/mol. The van der Waals surface area contributed by atoms with Gasteiger partial charge in [0, 0.05) is 12.5 Å². The van der Waals surface area contributed by atoms with Crippen LogP contribution in [0, 0.1) is 5.41 Å². The molecule has 1 atom stereocenters. The summed E-state index contributed by atoms with van der Waals surface area (Å²) in [5, 5.41) is 11.7. The van der Waals surface area contributed by atoms with Crippen LogP contribution >= 0.6 is 0 Å². The van der Waals surface area contributed by atoms with E-state index in [1.807, 2.05) is 20.8 Å². The van der Waals surface area contributed by atoms with Crippen molar-refractivity contribution >= 4 is 11.9 Å². The summed E-state index contributed by atoms with van der Waals surface area (Å²) in [6, 6.07) is -0.311. The highest BCUT2D eigenvalue weighted by Crippen LogP contribution is 2.22. The number of carboxylic acids is 1. The van der Waals surface area contributed by atoms with E-state index in [1.54, 1.807) is 0 Å². The van der Waals surface area contributed by atoms with E-state index in [0.29, 0.717) is 6.42 Å². The largest absolute Gasteiger partial charge is 0.481 e. The molecule has 1 amide bonds. The number of rotatable bonds is 8. The average molecular weight is 257 g/mol. The predicted octanol–water partition coefficient (Wildman–Crippen LogP) is 2.96. The Kier molecular flexibility index (Phi) is 7.64. The minimum absolute atomic E-state index is 0.0236. The van der Waals surface area contributed by atoms with Gasteiger partial charge in [0.1, 0.15) is 0 Å². The molecule has 0 fully saturated rings. The van der Waals surface area contributed by atoms with E-state index in [4.69, 9.17) is 5.11 Å². The van der Waals surface area contributed by atoms with Crippen LogP contribution in [0.5, 0.6) is 0 Å². The van der Waals surface area contributed by atoms with E-state index in [2.05, 4.69) is 12.2 Å². The summed E-state index contributed by atoms with van der Waals surface area (Å²) < 4.78 is 0. The Hall–Kier alpha value is -1.06. The van der Waals surface area contributed by atoms with E-state index >= 15 is 0 Å². The number of hydrogen-bond acceptors (Lipinski definition) is 2. The van der Waals surface area contributed by atoms with Crippen molar-refractivity contribution in [3.8, 4) is 0 Å². The van der Waals surface area contributed by atoms with Crippen molar-refractivity contribution in [2.75, 3.05) is 0 Å². The number of nitrogens with one attached hydrogen (secondary N) is 1. The maximum Gasteiger partial charge on any atom is 0.305 e. The zero-order valence-corrected chi connectivity index (χ0v) is 12.1. The first-order valence-corrected chi connectivity index (χ1v) is 6.78. The van der Waals surface area contributed by atoms with Gasteiger partial charge in [-0.25, -0.2) is 0 Å². The van der Waals surface area contributed by atoms with Crippen molar-refractivity contribution in [2.45, 2.75) is 72.3 Å². The van der Waals surface area contributed by atoms with Gasteiger partial charge in [0.2, 0.25) is 5.91 Å². The van der Waals surface area contributed by atoms with E-state index < -0.39 is 5.97 Å². The third kappa shape index (κ3) is 8.09. The summed E-state index contributed by atoms with van der Waals surface area (Å²) in [5.41, 5.74) is -0.239. The third-order valence-corrected chi connectivity index (χ3v) is 3.02. The Morgan fingerprint density at radius 2 is 1.78 bits per heavy atom. The molecular formula is C14H27NO3. The predicted molar refractivity (Wildman–Crippen MR) is 72.4 cm³/mol. The lowest BCUT2D eigenvalue weighted by Gasteiger charge is -2.30. The number of amides is 1. The van der Waals surface area contributed by atoms with Gasteiger partial charge in [0.25, 0.3) is 0 Å². The summed E-state index contributed by atoms with van der Waals surface area (Å²) in [4.78, 5) is 22.5. The molecule has 4 heteroatoms. The fourth-order valence-electron chi connectivity index (χ4n) is 1.73. The minimum Gasteiger partial charge on any atom is -0.481 e. The standard InChI is InChI=1S/C14H27NO3/c1-5-6-7-8-9-12(16)15-11(10-13(17)18)14(2,3)4/h11H,5-10H2,1-4H3,(H,15,16)(H,17,18). The maximum absolute atomic E-state index is 11.7. The molecule has 0 aromatic rings. The van der Waals surface area contributed by atoms with E-state index in [9.17, 15) is 9.59 Å². The molecule has 0 heterocycles. The smallest absolute Gasteiger partial charge is 0.305 e. The highest BCUT2D eigenvalue weighted by Gasteiger charge is 2.28. The Bertz CT molecular complexity index is 269. The number of aliphatic carboxylic acids is 1. The van der Waals surface area contributed by atoms with Crippen molar-refractivity contribution in [1.29, 1.82) is 0 Å². The molecule has 1 unspecified atom stereocenters. The van der Waals surface area contributed by atoms with Gasteiger partial charge in [0.05, 0.1) is 6.42 Å². The molecule has 0 saturated heterocycles. The third-order valence-electron chi connectivity index (χ3n) is 3.02. The zero-order valence-electron chi connectivity index (χ0n) is 12.1. The normalized spacial score (nSPS) is 13.1. The topological polar surface area (TPSA) is 66.4 Å². The van der Waals surface area contributed by atoms with Crippen LogP contribution in [0.3, 0.4) is 0 Å². The highest BCUT2D eigenvalue weighted by molar-refractivity contribution is 5.77. The van der Waals surface area contributed by atoms with E-state index in [-0.39, 0.29) is 23.8 Å². The summed E-state index contributed by atoms with van der Waals surface area (Å²) in [6.07, 6.45) is 4.69. The summed E-state index contributed by atoms with van der Waals surface area (Å²) in [7, 11) is 0. The SMILES string of the molecule is CCCCCCC(=O)NC(CC(=O)O)C(C)(C)C. The number of hydrogen-bond donors (Lipinski definition) is 2. The monoisotopic (exact) mass is 257 g/mol. The summed E-state index contributed by atoms with van der Waals surface area (Å²) in [5.74, 6) is -0.909. The molecule has 2 N–H and O–H groups in total. The molecule has 0 radical (unpaired) electrons. The van der Waals surface area contributed by atoms with Crippen LogP contribution < -0.4 is 5.32 Å². The van der Waals surface area contributed by atoms with E-state index in [0.717, 1.165) is 25.7 Å². The van der Waals surface area contributed by atoms with Crippen LogP contribution in [-0.2, 0) is 9.59 Å². The average Bonchev–Trinajstić information content (AvgIpc) is 2.21. The van der Waals surface area contributed by atoms with Crippen LogP contribution in [0.25, 0.3) is 0 Å². The second kappa shape index (κ2) is 8.11.